The lowest BCUT2D eigenvalue weighted by atomic mass is 10.00. The van der Waals surface area contributed by atoms with Crippen LogP contribution < -0.4 is 24.7 Å². The topological polar surface area (TPSA) is 83.2 Å². The number of aryl methyl sites for hydroxylation is 1. The molecule has 0 saturated carbocycles. The molecule has 0 aliphatic carbocycles. The predicted octanol–water partition coefficient (Wildman–Crippen LogP) is 4.61. The van der Waals surface area contributed by atoms with Crippen LogP contribution in [0.2, 0.25) is 0 Å². The molecule has 1 unspecified atom stereocenters. The Balaban J connectivity index is 0.000000280. The number of para-hydroxylation sites is 1. The maximum absolute atomic E-state index is 9.59. The summed E-state index contributed by atoms with van der Waals surface area (Å²) in [4.78, 5) is 0. The molecule has 6 nitrogen and oxygen atoms in total. The number of benzene rings is 2. The van der Waals surface area contributed by atoms with Crippen LogP contribution in [-0.2, 0) is 0 Å². The molecule has 2 rings (SSSR count). The van der Waals surface area contributed by atoms with Gasteiger partial charge in [-0.3, -0.25) is 5.73 Å². The SMILES string of the molecule is CCOc1cc(C)c(O)cc1C(C)C.COc1cccc(OC)c1OC(C)N. The predicted molar refractivity (Wildman–Crippen MR) is 112 cm³/mol. The first-order valence-corrected chi connectivity index (χ1v) is 9.34. The molecule has 0 heterocycles. The van der Waals surface area contributed by atoms with Crippen molar-refractivity contribution >= 4 is 0 Å². The summed E-state index contributed by atoms with van der Waals surface area (Å²) in [5.41, 5.74) is 7.46. The van der Waals surface area contributed by atoms with Gasteiger partial charge in [0.25, 0.3) is 0 Å². The monoisotopic (exact) mass is 391 g/mol. The van der Waals surface area contributed by atoms with E-state index in [1.165, 1.54) is 0 Å². The molecule has 3 N–H and O–H groups in total. The van der Waals surface area contributed by atoms with Crippen molar-refractivity contribution in [2.45, 2.75) is 46.8 Å². The van der Waals surface area contributed by atoms with Gasteiger partial charge in [0.1, 0.15) is 17.7 Å². The highest BCUT2D eigenvalue weighted by Crippen LogP contribution is 2.37. The zero-order valence-corrected chi connectivity index (χ0v) is 17.9. The van der Waals surface area contributed by atoms with Gasteiger partial charge in [-0.15, -0.1) is 0 Å². The Morgan fingerprint density at radius 2 is 1.57 bits per heavy atom. The quantitative estimate of drug-likeness (QED) is 0.671. The van der Waals surface area contributed by atoms with Crippen LogP contribution in [0.1, 0.15) is 44.7 Å². The fraction of sp³-hybridized carbons (Fsp3) is 0.455. The van der Waals surface area contributed by atoms with E-state index in [2.05, 4.69) is 13.8 Å². The van der Waals surface area contributed by atoms with Gasteiger partial charge in [0.05, 0.1) is 20.8 Å². The van der Waals surface area contributed by atoms with E-state index in [-0.39, 0.29) is 0 Å². The molecule has 6 heteroatoms. The lowest BCUT2D eigenvalue weighted by molar-refractivity contribution is 0.208. The molecular weight excluding hydrogens is 358 g/mol. The number of phenolic OH excluding ortho intramolecular Hbond substituents is 1. The molecule has 0 aliphatic heterocycles. The van der Waals surface area contributed by atoms with E-state index in [0.717, 1.165) is 16.9 Å². The van der Waals surface area contributed by atoms with Gasteiger partial charge in [0, 0.05) is 5.56 Å². The summed E-state index contributed by atoms with van der Waals surface area (Å²) >= 11 is 0. The molecule has 156 valence electrons. The standard InChI is InChI=1S/C12H18O2.C10H15NO3/c1-5-14-12-6-9(4)11(13)7-10(12)8(2)3;1-7(11)14-10-8(12-2)5-4-6-9(10)13-3/h6-8,13H,5H2,1-4H3;4-7H,11H2,1-3H3. The fourth-order valence-electron chi connectivity index (χ4n) is 2.54. The first-order valence-electron chi connectivity index (χ1n) is 9.34. The second-order valence-electron chi connectivity index (χ2n) is 6.58. The number of aromatic hydroxyl groups is 1. The summed E-state index contributed by atoms with van der Waals surface area (Å²) in [5.74, 6) is 3.36. The maximum atomic E-state index is 9.59. The minimum Gasteiger partial charge on any atom is -0.508 e. The smallest absolute Gasteiger partial charge is 0.205 e. The van der Waals surface area contributed by atoms with Gasteiger partial charge in [-0.25, -0.2) is 0 Å². The second-order valence-corrected chi connectivity index (χ2v) is 6.58. The number of hydrogen-bond acceptors (Lipinski definition) is 6. The summed E-state index contributed by atoms with van der Waals surface area (Å²) in [6.07, 6.45) is -0.403. The van der Waals surface area contributed by atoms with E-state index in [4.69, 9.17) is 24.7 Å². The fourth-order valence-corrected chi connectivity index (χ4v) is 2.54. The molecular formula is C22H33NO5. The van der Waals surface area contributed by atoms with Gasteiger partial charge in [-0.1, -0.05) is 19.9 Å². The van der Waals surface area contributed by atoms with Gasteiger partial charge in [0.15, 0.2) is 11.5 Å². The van der Waals surface area contributed by atoms with Gasteiger partial charge >= 0.3 is 0 Å². The minimum atomic E-state index is -0.403. The molecule has 0 amide bonds. The van der Waals surface area contributed by atoms with E-state index >= 15 is 0 Å². The van der Waals surface area contributed by atoms with Crippen LogP contribution in [0.4, 0.5) is 0 Å². The Labute approximate surface area is 168 Å². The number of hydrogen-bond donors (Lipinski definition) is 2. The molecule has 0 fully saturated rings. The lowest BCUT2D eigenvalue weighted by Crippen LogP contribution is -2.23. The first-order chi connectivity index (χ1) is 13.2. The highest BCUT2D eigenvalue weighted by atomic mass is 16.5. The highest BCUT2D eigenvalue weighted by molar-refractivity contribution is 5.51. The van der Waals surface area contributed by atoms with Crippen LogP contribution in [0.3, 0.4) is 0 Å². The third-order valence-electron chi connectivity index (χ3n) is 3.94. The molecule has 0 aromatic heterocycles. The molecule has 2 aromatic carbocycles. The third-order valence-corrected chi connectivity index (χ3v) is 3.94. The molecule has 0 spiro atoms. The van der Waals surface area contributed by atoms with Crippen LogP contribution in [0.5, 0.6) is 28.7 Å². The van der Waals surface area contributed by atoms with Crippen LogP contribution in [0, 0.1) is 6.92 Å². The number of phenols is 1. The van der Waals surface area contributed by atoms with Crippen LogP contribution in [0.15, 0.2) is 30.3 Å². The summed E-state index contributed by atoms with van der Waals surface area (Å²) in [6, 6.07) is 9.10. The Kier molecular flexibility index (Phi) is 9.45. The van der Waals surface area contributed by atoms with Crippen molar-refractivity contribution in [1.82, 2.24) is 0 Å². The Bertz CT molecular complexity index is 722. The van der Waals surface area contributed by atoms with Crippen molar-refractivity contribution in [3.63, 3.8) is 0 Å². The van der Waals surface area contributed by atoms with Crippen molar-refractivity contribution in [3.8, 4) is 28.7 Å². The van der Waals surface area contributed by atoms with E-state index in [1.54, 1.807) is 39.3 Å². The molecule has 1 atom stereocenters. The van der Waals surface area contributed by atoms with Crippen molar-refractivity contribution in [3.05, 3.63) is 41.5 Å². The Hall–Kier alpha value is -2.60. The van der Waals surface area contributed by atoms with Crippen molar-refractivity contribution in [1.29, 1.82) is 0 Å². The maximum Gasteiger partial charge on any atom is 0.205 e. The van der Waals surface area contributed by atoms with Crippen molar-refractivity contribution in [2.75, 3.05) is 20.8 Å². The summed E-state index contributed by atoms with van der Waals surface area (Å²) in [7, 11) is 3.14. The second kappa shape index (κ2) is 11.3. The third kappa shape index (κ3) is 6.53. The average molecular weight is 392 g/mol. The van der Waals surface area contributed by atoms with Crippen molar-refractivity contribution in [2.24, 2.45) is 5.73 Å². The minimum absolute atomic E-state index is 0.345. The number of methoxy groups -OCH3 is 2. The van der Waals surface area contributed by atoms with E-state index in [9.17, 15) is 5.11 Å². The summed E-state index contributed by atoms with van der Waals surface area (Å²) in [5, 5.41) is 9.59. The van der Waals surface area contributed by atoms with Crippen LogP contribution in [-0.4, -0.2) is 32.2 Å². The Morgan fingerprint density at radius 1 is 1.00 bits per heavy atom. The molecule has 2 aromatic rings. The van der Waals surface area contributed by atoms with Crippen LogP contribution in [0.25, 0.3) is 0 Å². The normalized spacial score (nSPS) is 11.3. The molecule has 0 bridgehead atoms. The lowest BCUT2D eigenvalue weighted by Gasteiger charge is -2.15. The highest BCUT2D eigenvalue weighted by Gasteiger charge is 2.12. The van der Waals surface area contributed by atoms with Crippen LogP contribution >= 0.6 is 0 Å². The van der Waals surface area contributed by atoms with Gasteiger partial charge < -0.3 is 24.1 Å². The zero-order chi connectivity index (χ0) is 21.3. The van der Waals surface area contributed by atoms with E-state index in [0.29, 0.717) is 35.5 Å². The largest absolute Gasteiger partial charge is 0.508 e. The molecule has 0 radical (unpaired) electrons. The van der Waals surface area contributed by atoms with E-state index < -0.39 is 6.23 Å². The van der Waals surface area contributed by atoms with Crippen molar-refractivity contribution < 1.29 is 24.1 Å². The van der Waals surface area contributed by atoms with Gasteiger partial charge in [-0.05, 0) is 56.5 Å². The molecule has 0 aliphatic rings. The van der Waals surface area contributed by atoms with Gasteiger partial charge in [0.2, 0.25) is 5.75 Å². The molecule has 0 saturated heterocycles. The number of ether oxygens (including phenoxy) is 4. The number of rotatable bonds is 7. The summed E-state index contributed by atoms with van der Waals surface area (Å²) in [6.45, 7) is 10.4. The zero-order valence-electron chi connectivity index (χ0n) is 17.9. The number of nitrogens with two attached hydrogens (primary N) is 1. The first kappa shape index (κ1) is 23.4. The van der Waals surface area contributed by atoms with E-state index in [1.807, 2.05) is 26.0 Å². The van der Waals surface area contributed by atoms with Gasteiger partial charge in [-0.2, -0.15) is 0 Å². The Morgan fingerprint density at radius 3 is 2.00 bits per heavy atom. The average Bonchev–Trinajstić information content (AvgIpc) is 2.64. The summed E-state index contributed by atoms with van der Waals surface area (Å²) < 4.78 is 21.2. The molecule has 28 heavy (non-hydrogen) atoms.